The van der Waals surface area contributed by atoms with Crippen LogP contribution in [-0.4, -0.2) is 15.9 Å². The molecule has 2 N–H and O–H groups in total. The predicted molar refractivity (Wildman–Crippen MR) is 99.3 cm³/mol. The average Bonchev–Trinajstić information content (AvgIpc) is 2.66. The maximum atomic E-state index is 12.3. The number of carbonyl (C=O) groups is 1. The van der Waals surface area contributed by atoms with Crippen LogP contribution < -0.4 is 10.9 Å². The zero-order valence-corrected chi connectivity index (χ0v) is 13.7. The van der Waals surface area contributed by atoms with Crippen LogP contribution in [0.4, 0.5) is 5.69 Å². The van der Waals surface area contributed by atoms with Crippen LogP contribution in [0.5, 0.6) is 0 Å². The molecular formula is C20H16N4O. The van der Waals surface area contributed by atoms with Gasteiger partial charge in [0.05, 0.1) is 22.3 Å². The molecule has 0 unspecified atom stereocenters. The van der Waals surface area contributed by atoms with Gasteiger partial charge in [0.25, 0.3) is 5.91 Å². The van der Waals surface area contributed by atoms with Crippen LogP contribution in [0.3, 0.4) is 0 Å². The normalized spacial score (nSPS) is 10.8. The molecule has 0 radical (unpaired) electrons. The highest BCUT2D eigenvalue weighted by Gasteiger charge is 2.11. The number of anilines is 1. The lowest BCUT2D eigenvalue weighted by molar-refractivity contribution is 0.0962. The highest BCUT2D eigenvalue weighted by molar-refractivity contribution is 6.08. The van der Waals surface area contributed by atoms with E-state index in [1.165, 1.54) is 6.20 Å². The molecule has 25 heavy (non-hydrogen) atoms. The van der Waals surface area contributed by atoms with E-state index in [1.807, 2.05) is 43.3 Å². The molecule has 0 saturated carbocycles. The average molecular weight is 328 g/mol. The molecule has 2 aromatic heterocycles. The maximum absolute atomic E-state index is 12.3. The van der Waals surface area contributed by atoms with Gasteiger partial charge in [-0.25, -0.2) is 4.98 Å². The molecule has 0 atom stereocenters. The van der Waals surface area contributed by atoms with E-state index in [9.17, 15) is 4.79 Å². The van der Waals surface area contributed by atoms with Gasteiger partial charge in [-0.15, -0.1) is 0 Å². The number of hydrazine groups is 1. The number of aryl methyl sites for hydroxylation is 1. The molecule has 0 aliphatic heterocycles. The molecule has 5 nitrogen and oxygen atoms in total. The van der Waals surface area contributed by atoms with Crippen molar-refractivity contribution in [3.63, 3.8) is 0 Å². The molecular weight excluding hydrogens is 312 g/mol. The van der Waals surface area contributed by atoms with E-state index in [0.29, 0.717) is 5.56 Å². The Bertz CT molecular complexity index is 1080. The molecule has 2 heterocycles. The smallest absolute Gasteiger partial charge is 0.271 e. The van der Waals surface area contributed by atoms with E-state index in [1.54, 1.807) is 18.3 Å². The second kappa shape index (κ2) is 6.20. The van der Waals surface area contributed by atoms with Crippen LogP contribution in [0.1, 0.15) is 15.9 Å². The first kappa shape index (κ1) is 15.1. The van der Waals surface area contributed by atoms with Gasteiger partial charge in [0.15, 0.2) is 0 Å². The highest BCUT2D eigenvalue weighted by Crippen LogP contribution is 2.30. The van der Waals surface area contributed by atoms with E-state index >= 15 is 0 Å². The molecule has 0 saturated heterocycles. The molecule has 0 aliphatic rings. The number of carbonyl (C=O) groups excluding carboxylic acids is 1. The summed E-state index contributed by atoms with van der Waals surface area (Å²) in [6.07, 6.45) is 3.17. The fourth-order valence-electron chi connectivity index (χ4n) is 2.83. The van der Waals surface area contributed by atoms with Crippen molar-refractivity contribution < 1.29 is 4.79 Å². The second-order valence-electron chi connectivity index (χ2n) is 5.85. The number of para-hydroxylation sites is 1. The summed E-state index contributed by atoms with van der Waals surface area (Å²) in [5.74, 6) is -0.241. The third-order valence-corrected chi connectivity index (χ3v) is 4.06. The number of hydrogen-bond acceptors (Lipinski definition) is 4. The van der Waals surface area contributed by atoms with Gasteiger partial charge in [0.1, 0.15) is 0 Å². The topological polar surface area (TPSA) is 66.9 Å². The Morgan fingerprint density at radius 3 is 2.64 bits per heavy atom. The van der Waals surface area contributed by atoms with Crippen LogP contribution in [0, 0.1) is 6.92 Å². The van der Waals surface area contributed by atoms with Crippen molar-refractivity contribution in [1.82, 2.24) is 15.4 Å². The zero-order chi connectivity index (χ0) is 17.2. The lowest BCUT2D eigenvalue weighted by Crippen LogP contribution is -2.29. The third kappa shape index (κ3) is 2.87. The SMILES string of the molecule is Cc1ccc2nc3ccccc3c(NNC(=O)c3cccnc3)c2c1. The standard InChI is InChI=1S/C20H16N4O/c1-13-8-9-18-16(11-13)19(15-6-2-3-7-17(15)22-18)23-24-20(25)14-5-4-10-21-12-14/h2-12H,1H3,(H,22,23)(H,24,25). The summed E-state index contributed by atoms with van der Waals surface area (Å²) in [7, 11) is 0. The Hall–Kier alpha value is -3.47. The van der Waals surface area contributed by atoms with Crippen molar-refractivity contribution in [3.8, 4) is 0 Å². The van der Waals surface area contributed by atoms with E-state index in [2.05, 4.69) is 21.9 Å². The minimum atomic E-state index is -0.241. The summed E-state index contributed by atoms with van der Waals surface area (Å²) in [4.78, 5) is 21.0. The quantitative estimate of drug-likeness (QED) is 0.443. The summed E-state index contributed by atoms with van der Waals surface area (Å²) < 4.78 is 0. The fraction of sp³-hybridized carbons (Fsp3) is 0.0500. The van der Waals surface area contributed by atoms with Crippen molar-refractivity contribution in [1.29, 1.82) is 0 Å². The van der Waals surface area contributed by atoms with Gasteiger partial charge >= 0.3 is 0 Å². The molecule has 0 bridgehead atoms. The number of pyridine rings is 2. The van der Waals surface area contributed by atoms with Crippen LogP contribution in [0.2, 0.25) is 0 Å². The van der Waals surface area contributed by atoms with Gasteiger partial charge in [-0.1, -0.05) is 29.8 Å². The Kier molecular flexibility index (Phi) is 3.74. The number of benzene rings is 2. The number of nitrogens with zero attached hydrogens (tertiary/aromatic N) is 2. The molecule has 2 aromatic carbocycles. The Morgan fingerprint density at radius 2 is 1.80 bits per heavy atom. The first-order chi connectivity index (χ1) is 12.2. The lowest BCUT2D eigenvalue weighted by atomic mass is 10.1. The summed E-state index contributed by atoms with van der Waals surface area (Å²) in [6.45, 7) is 2.03. The predicted octanol–water partition coefficient (Wildman–Crippen LogP) is 3.85. The molecule has 0 spiro atoms. The van der Waals surface area contributed by atoms with Crippen LogP contribution in [0.25, 0.3) is 21.8 Å². The largest absolute Gasteiger partial charge is 0.297 e. The van der Waals surface area contributed by atoms with E-state index in [4.69, 9.17) is 4.98 Å². The summed E-state index contributed by atoms with van der Waals surface area (Å²) in [5.41, 5.74) is 10.1. The third-order valence-electron chi connectivity index (χ3n) is 4.06. The van der Waals surface area contributed by atoms with Crippen molar-refractivity contribution in [3.05, 3.63) is 78.1 Å². The van der Waals surface area contributed by atoms with Crippen molar-refractivity contribution in [2.75, 3.05) is 5.43 Å². The molecule has 1 amide bonds. The summed E-state index contributed by atoms with van der Waals surface area (Å²) >= 11 is 0. The number of aromatic nitrogens is 2. The van der Waals surface area contributed by atoms with Crippen molar-refractivity contribution in [2.24, 2.45) is 0 Å². The second-order valence-corrected chi connectivity index (χ2v) is 5.85. The molecule has 0 aliphatic carbocycles. The fourth-order valence-corrected chi connectivity index (χ4v) is 2.83. The van der Waals surface area contributed by atoms with Gasteiger partial charge in [-0.3, -0.25) is 20.6 Å². The minimum absolute atomic E-state index is 0.241. The number of amides is 1. The monoisotopic (exact) mass is 328 g/mol. The Balaban J connectivity index is 1.78. The summed E-state index contributed by atoms with van der Waals surface area (Å²) in [6, 6.07) is 17.4. The van der Waals surface area contributed by atoms with Gasteiger partial charge in [0, 0.05) is 23.2 Å². The van der Waals surface area contributed by atoms with Gasteiger partial charge in [0.2, 0.25) is 0 Å². The zero-order valence-electron chi connectivity index (χ0n) is 13.7. The van der Waals surface area contributed by atoms with E-state index in [0.717, 1.165) is 33.1 Å². The maximum Gasteiger partial charge on any atom is 0.271 e. The van der Waals surface area contributed by atoms with E-state index < -0.39 is 0 Å². The lowest BCUT2D eigenvalue weighted by Gasteiger charge is -2.14. The molecule has 122 valence electrons. The van der Waals surface area contributed by atoms with Crippen molar-refractivity contribution >= 4 is 33.4 Å². The minimum Gasteiger partial charge on any atom is -0.297 e. The Morgan fingerprint density at radius 1 is 0.960 bits per heavy atom. The van der Waals surface area contributed by atoms with Gasteiger partial charge in [-0.05, 0) is 37.3 Å². The number of rotatable bonds is 3. The first-order valence-electron chi connectivity index (χ1n) is 7.98. The van der Waals surface area contributed by atoms with Gasteiger partial charge < -0.3 is 0 Å². The van der Waals surface area contributed by atoms with Crippen LogP contribution in [-0.2, 0) is 0 Å². The van der Waals surface area contributed by atoms with Crippen LogP contribution >= 0.6 is 0 Å². The first-order valence-corrected chi connectivity index (χ1v) is 7.98. The molecule has 0 fully saturated rings. The highest BCUT2D eigenvalue weighted by atomic mass is 16.2. The summed E-state index contributed by atoms with van der Waals surface area (Å²) in [5, 5.41) is 1.91. The number of hydrogen-bond donors (Lipinski definition) is 2. The Labute approximate surface area is 144 Å². The molecule has 5 heteroatoms. The number of nitrogens with one attached hydrogen (secondary N) is 2. The van der Waals surface area contributed by atoms with Crippen molar-refractivity contribution in [2.45, 2.75) is 6.92 Å². The molecule has 4 aromatic rings. The number of fused-ring (bicyclic) bond motifs is 2. The van der Waals surface area contributed by atoms with Gasteiger partial charge in [-0.2, -0.15) is 0 Å². The molecule has 4 rings (SSSR count). The van der Waals surface area contributed by atoms with E-state index in [-0.39, 0.29) is 5.91 Å². The van der Waals surface area contributed by atoms with Crippen LogP contribution in [0.15, 0.2) is 67.0 Å².